The van der Waals surface area contributed by atoms with Gasteiger partial charge in [-0.1, -0.05) is 18.2 Å². The highest BCUT2D eigenvalue weighted by Gasteiger charge is 2.17. The van der Waals surface area contributed by atoms with Gasteiger partial charge >= 0.3 is 0 Å². The Morgan fingerprint density at radius 2 is 1.85 bits per heavy atom. The minimum atomic E-state index is 0.0651. The Hall–Kier alpha value is -2.66. The van der Waals surface area contributed by atoms with Gasteiger partial charge in [-0.3, -0.25) is 4.79 Å². The number of carbonyl (C=O) groups excluding carboxylic acids is 1. The van der Waals surface area contributed by atoms with E-state index in [0.29, 0.717) is 19.6 Å². The van der Waals surface area contributed by atoms with E-state index in [2.05, 4.69) is 4.98 Å². The first kappa shape index (κ1) is 19.1. The third kappa shape index (κ3) is 4.55. The van der Waals surface area contributed by atoms with E-state index in [9.17, 15) is 4.79 Å². The lowest BCUT2D eigenvalue weighted by molar-refractivity contribution is -0.118. The minimum absolute atomic E-state index is 0.0651. The van der Waals surface area contributed by atoms with Crippen molar-refractivity contribution in [3.8, 4) is 16.3 Å². The second kappa shape index (κ2) is 8.82. The van der Waals surface area contributed by atoms with Crippen LogP contribution in [0.25, 0.3) is 10.6 Å². The summed E-state index contributed by atoms with van der Waals surface area (Å²) in [5.41, 5.74) is 3.90. The van der Waals surface area contributed by atoms with E-state index in [0.717, 1.165) is 33.3 Å². The third-order valence-electron chi connectivity index (χ3n) is 4.32. The molecule has 0 N–H and O–H groups in total. The summed E-state index contributed by atoms with van der Waals surface area (Å²) in [4.78, 5) is 19.3. The van der Waals surface area contributed by atoms with Crippen LogP contribution in [0, 0.1) is 6.92 Å². The van der Waals surface area contributed by atoms with Crippen LogP contribution < -0.4 is 9.64 Å². The van der Waals surface area contributed by atoms with Gasteiger partial charge in [0.1, 0.15) is 10.8 Å². The maximum atomic E-state index is 12.8. The van der Waals surface area contributed by atoms with Crippen LogP contribution in [-0.2, 0) is 11.2 Å². The number of hydrogen-bond acceptors (Lipinski definition) is 4. The third-order valence-corrected chi connectivity index (χ3v) is 5.26. The van der Waals surface area contributed by atoms with Gasteiger partial charge in [0.2, 0.25) is 5.91 Å². The van der Waals surface area contributed by atoms with Crippen molar-refractivity contribution in [1.29, 1.82) is 0 Å². The summed E-state index contributed by atoms with van der Waals surface area (Å²) in [7, 11) is 0. The van der Waals surface area contributed by atoms with Crippen LogP contribution in [0.2, 0.25) is 0 Å². The summed E-state index contributed by atoms with van der Waals surface area (Å²) in [6.07, 6.45) is 0.301. The van der Waals surface area contributed by atoms with Crippen molar-refractivity contribution in [1.82, 2.24) is 4.98 Å². The number of likely N-dealkylation sites (N-methyl/N-ethyl adjacent to an activating group) is 1. The number of para-hydroxylation sites is 1. The second-order valence-corrected chi connectivity index (χ2v) is 7.06. The Morgan fingerprint density at radius 3 is 2.52 bits per heavy atom. The average molecular weight is 381 g/mol. The second-order valence-electron chi connectivity index (χ2n) is 6.20. The first-order chi connectivity index (χ1) is 13.1. The van der Waals surface area contributed by atoms with E-state index in [4.69, 9.17) is 4.74 Å². The van der Waals surface area contributed by atoms with Gasteiger partial charge in [-0.15, -0.1) is 11.3 Å². The molecule has 0 aliphatic rings. The van der Waals surface area contributed by atoms with Gasteiger partial charge in [-0.05, 0) is 56.7 Å². The maximum absolute atomic E-state index is 12.8. The highest BCUT2D eigenvalue weighted by Crippen LogP contribution is 2.27. The number of ether oxygens (including phenoxy) is 1. The average Bonchev–Trinajstić information content (AvgIpc) is 3.13. The van der Waals surface area contributed by atoms with Gasteiger partial charge in [0.25, 0.3) is 0 Å². The lowest BCUT2D eigenvalue weighted by Gasteiger charge is -2.22. The van der Waals surface area contributed by atoms with E-state index in [-0.39, 0.29) is 5.91 Å². The number of thiazole rings is 1. The van der Waals surface area contributed by atoms with Crippen LogP contribution in [0.4, 0.5) is 5.69 Å². The van der Waals surface area contributed by atoms with Crippen LogP contribution >= 0.6 is 11.3 Å². The molecule has 2 aromatic carbocycles. The summed E-state index contributed by atoms with van der Waals surface area (Å²) in [6.45, 7) is 7.28. The number of aryl methyl sites for hydroxylation is 1. The summed E-state index contributed by atoms with van der Waals surface area (Å²) < 4.78 is 5.48. The number of benzene rings is 2. The zero-order chi connectivity index (χ0) is 19.2. The molecule has 0 fully saturated rings. The van der Waals surface area contributed by atoms with Crippen molar-refractivity contribution in [2.75, 3.05) is 18.1 Å². The molecule has 0 aliphatic heterocycles. The molecule has 1 amide bonds. The smallest absolute Gasteiger partial charge is 0.233 e. The Bertz CT molecular complexity index is 903. The zero-order valence-electron chi connectivity index (χ0n) is 15.9. The molecule has 0 atom stereocenters. The number of nitrogens with zero attached hydrogens (tertiary/aromatic N) is 2. The Balaban J connectivity index is 1.73. The van der Waals surface area contributed by atoms with Crippen LogP contribution in [0.3, 0.4) is 0 Å². The van der Waals surface area contributed by atoms with E-state index < -0.39 is 0 Å². The van der Waals surface area contributed by atoms with Gasteiger partial charge in [-0.25, -0.2) is 4.98 Å². The Morgan fingerprint density at radius 1 is 1.11 bits per heavy atom. The molecule has 0 radical (unpaired) electrons. The SMILES string of the molecule is CCOc1ccc(-c2nc(CC(=O)N(CC)c3ccccc3C)cs2)cc1. The fraction of sp³-hybridized carbons (Fsp3) is 0.273. The van der Waals surface area contributed by atoms with Crippen molar-refractivity contribution in [2.24, 2.45) is 0 Å². The number of rotatable bonds is 7. The van der Waals surface area contributed by atoms with Gasteiger partial charge in [0, 0.05) is 23.2 Å². The first-order valence-electron chi connectivity index (χ1n) is 9.16. The van der Waals surface area contributed by atoms with Crippen molar-refractivity contribution >= 4 is 22.9 Å². The minimum Gasteiger partial charge on any atom is -0.494 e. The number of aromatic nitrogens is 1. The molecule has 1 aromatic heterocycles. The van der Waals surface area contributed by atoms with Crippen LogP contribution in [0.1, 0.15) is 25.1 Å². The molecular formula is C22H24N2O2S. The number of anilines is 1. The quantitative estimate of drug-likeness (QED) is 0.572. The normalized spacial score (nSPS) is 10.6. The van der Waals surface area contributed by atoms with E-state index in [1.54, 1.807) is 11.3 Å². The molecule has 0 saturated heterocycles. The van der Waals surface area contributed by atoms with Crippen LogP contribution in [0.15, 0.2) is 53.9 Å². The lowest BCUT2D eigenvalue weighted by Crippen LogP contribution is -2.32. The van der Waals surface area contributed by atoms with Crippen molar-refractivity contribution < 1.29 is 9.53 Å². The lowest BCUT2D eigenvalue weighted by atomic mass is 10.1. The topological polar surface area (TPSA) is 42.4 Å². The molecule has 4 nitrogen and oxygen atoms in total. The molecule has 140 valence electrons. The number of carbonyl (C=O) groups is 1. The highest BCUT2D eigenvalue weighted by molar-refractivity contribution is 7.13. The fourth-order valence-corrected chi connectivity index (χ4v) is 3.80. The largest absolute Gasteiger partial charge is 0.494 e. The van der Waals surface area contributed by atoms with Crippen LogP contribution in [-0.4, -0.2) is 24.0 Å². The predicted molar refractivity (Wildman–Crippen MR) is 112 cm³/mol. The number of hydrogen-bond donors (Lipinski definition) is 0. The maximum Gasteiger partial charge on any atom is 0.233 e. The Labute approximate surface area is 164 Å². The molecule has 0 spiro atoms. The molecule has 5 heteroatoms. The first-order valence-corrected chi connectivity index (χ1v) is 10.0. The molecule has 3 rings (SSSR count). The number of amides is 1. The van der Waals surface area contributed by atoms with E-state index in [1.165, 1.54) is 0 Å². The molecule has 0 saturated carbocycles. The molecule has 0 aliphatic carbocycles. The van der Waals surface area contributed by atoms with Crippen molar-refractivity contribution in [3.63, 3.8) is 0 Å². The molecule has 27 heavy (non-hydrogen) atoms. The summed E-state index contributed by atoms with van der Waals surface area (Å²) >= 11 is 1.56. The molecule has 0 bridgehead atoms. The van der Waals surface area contributed by atoms with Gasteiger partial charge < -0.3 is 9.64 Å². The van der Waals surface area contributed by atoms with Gasteiger partial charge in [0.05, 0.1) is 18.7 Å². The highest BCUT2D eigenvalue weighted by atomic mass is 32.1. The zero-order valence-corrected chi connectivity index (χ0v) is 16.8. The summed E-state index contributed by atoms with van der Waals surface area (Å²) in [5, 5.41) is 2.88. The molecule has 0 unspecified atom stereocenters. The standard InChI is InChI=1S/C22H24N2O2S/c1-4-24(20-9-7-6-8-16(20)3)21(25)14-18-15-27-22(23-18)17-10-12-19(13-11-17)26-5-2/h6-13,15H,4-5,14H2,1-3H3. The summed E-state index contributed by atoms with van der Waals surface area (Å²) in [6, 6.07) is 15.9. The van der Waals surface area contributed by atoms with Crippen molar-refractivity contribution in [3.05, 3.63) is 65.2 Å². The van der Waals surface area contributed by atoms with E-state index >= 15 is 0 Å². The van der Waals surface area contributed by atoms with Crippen molar-refractivity contribution in [2.45, 2.75) is 27.2 Å². The molecule has 1 heterocycles. The molecule has 3 aromatic rings. The monoisotopic (exact) mass is 380 g/mol. The molecular weight excluding hydrogens is 356 g/mol. The fourth-order valence-electron chi connectivity index (χ4n) is 2.98. The van der Waals surface area contributed by atoms with Gasteiger partial charge in [-0.2, -0.15) is 0 Å². The summed E-state index contributed by atoms with van der Waals surface area (Å²) in [5.74, 6) is 0.917. The van der Waals surface area contributed by atoms with Gasteiger partial charge in [0.15, 0.2) is 0 Å². The Kier molecular flexibility index (Phi) is 6.24. The predicted octanol–water partition coefficient (Wildman–Crippen LogP) is 5.11. The van der Waals surface area contributed by atoms with E-state index in [1.807, 2.05) is 79.6 Å². The van der Waals surface area contributed by atoms with Crippen LogP contribution in [0.5, 0.6) is 5.75 Å².